The van der Waals surface area contributed by atoms with Crippen LogP contribution in [0.15, 0.2) is 70.7 Å². The van der Waals surface area contributed by atoms with Crippen LogP contribution in [0.3, 0.4) is 0 Å². The van der Waals surface area contributed by atoms with Gasteiger partial charge in [0.2, 0.25) is 0 Å². The Morgan fingerprint density at radius 1 is 1.13 bits per heavy atom. The number of nitriles is 1. The second-order valence-electron chi connectivity index (χ2n) is 6.40. The van der Waals surface area contributed by atoms with Gasteiger partial charge >= 0.3 is 0 Å². The summed E-state index contributed by atoms with van der Waals surface area (Å²) in [4.78, 5) is 12.4. The number of aromatic hydroxyl groups is 1. The van der Waals surface area contributed by atoms with E-state index >= 15 is 0 Å². The first-order valence-electron chi connectivity index (χ1n) is 8.94. The summed E-state index contributed by atoms with van der Waals surface area (Å²) in [6.07, 6.45) is 1.52. The van der Waals surface area contributed by atoms with E-state index in [1.165, 1.54) is 18.2 Å². The van der Waals surface area contributed by atoms with Crippen molar-refractivity contribution in [2.24, 2.45) is 0 Å². The number of phenols is 1. The Hall–Kier alpha value is -2.10. The monoisotopic (exact) mass is 700 g/mol. The van der Waals surface area contributed by atoms with Gasteiger partial charge in [0.1, 0.15) is 29.7 Å². The van der Waals surface area contributed by atoms with E-state index in [0.29, 0.717) is 23.6 Å². The van der Waals surface area contributed by atoms with Crippen LogP contribution >= 0.6 is 61.1 Å². The first-order valence-corrected chi connectivity index (χ1v) is 11.9. The third kappa shape index (κ3) is 6.69. The summed E-state index contributed by atoms with van der Waals surface area (Å²) in [5.74, 6) is 0.263. The Labute approximate surface area is 215 Å². The van der Waals surface area contributed by atoms with Gasteiger partial charge in [-0.2, -0.15) is 5.26 Å². The van der Waals surface area contributed by atoms with Gasteiger partial charge in [0.25, 0.3) is 5.91 Å². The zero-order valence-electron chi connectivity index (χ0n) is 15.9. The van der Waals surface area contributed by atoms with E-state index < -0.39 is 5.91 Å². The average molecular weight is 701 g/mol. The topological polar surface area (TPSA) is 82.3 Å². The molecule has 8 heteroatoms. The van der Waals surface area contributed by atoms with Crippen LogP contribution in [-0.4, -0.2) is 11.0 Å². The van der Waals surface area contributed by atoms with Crippen LogP contribution in [0.4, 0.5) is 5.69 Å². The molecule has 3 rings (SSSR count). The molecule has 1 amide bonds. The molecule has 31 heavy (non-hydrogen) atoms. The van der Waals surface area contributed by atoms with Crippen molar-refractivity contribution in [1.82, 2.24) is 0 Å². The van der Waals surface area contributed by atoms with Crippen LogP contribution in [0, 0.1) is 18.5 Å². The highest BCUT2D eigenvalue weighted by atomic mass is 127. The van der Waals surface area contributed by atoms with Gasteiger partial charge in [0, 0.05) is 9.26 Å². The Morgan fingerprint density at radius 3 is 2.42 bits per heavy atom. The first-order chi connectivity index (χ1) is 14.9. The average Bonchev–Trinajstić information content (AvgIpc) is 2.74. The van der Waals surface area contributed by atoms with Crippen molar-refractivity contribution < 1.29 is 14.6 Å². The van der Waals surface area contributed by atoms with E-state index in [1.807, 2.05) is 36.4 Å². The van der Waals surface area contributed by atoms with Crippen LogP contribution in [0.25, 0.3) is 6.08 Å². The van der Waals surface area contributed by atoms with Crippen molar-refractivity contribution in [2.45, 2.75) is 6.61 Å². The predicted molar refractivity (Wildman–Crippen MR) is 141 cm³/mol. The maximum absolute atomic E-state index is 12.4. The molecular formula is C23H15BrI2N2O3. The van der Waals surface area contributed by atoms with E-state index in [2.05, 4.69) is 66.4 Å². The van der Waals surface area contributed by atoms with Gasteiger partial charge in [-0.05, 0) is 127 Å². The van der Waals surface area contributed by atoms with E-state index in [0.717, 1.165) is 17.2 Å². The van der Waals surface area contributed by atoms with E-state index in [-0.39, 0.29) is 11.3 Å². The lowest BCUT2D eigenvalue weighted by Crippen LogP contribution is -2.13. The fourth-order valence-electron chi connectivity index (χ4n) is 2.60. The highest BCUT2D eigenvalue weighted by molar-refractivity contribution is 14.1. The molecule has 0 aliphatic carbocycles. The first kappa shape index (κ1) is 23.6. The molecule has 0 aliphatic heterocycles. The summed E-state index contributed by atoms with van der Waals surface area (Å²) in [7, 11) is 0. The molecule has 0 spiro atoms. The van der Waals surface area contributed by atoms with E-state index in [9.17, 15) is 15.2 Å². The molecule has 0 saturated heterocycles. The third-order valence-electron chi connectivity index (χ3n) is 4.12. The molecular weight excluding hydrogens is 686 g/mol. The minimum absolute atomic E-state index is 0.0386. The molecule has 3 aromatic rings. The number of nitrogens with zero attached hydrogens (tertiary/aromatic N) is 1. The van der Waals surface area contributed by atoms with Gasteiger partial charge in [-0.25, -0.2) is 0 Å². The Morgan fingerprint density at radius 2 is 1.81 bits per heavy atom. The fraction of sp³-hybridized carbons (Fsp3) is 0.0435. The Balaban J connectivity index is 1.76. The van der Waals surface area contributed by atoms with Crippen LogP contribution in [-0.2, 0) is 11.4 Å². The highest BCUT2D eigenvalue weighted by Crippen LogP contribution is 2.33. The maximum atomic E-state index is 12.4. The van der Waals surface area contributed by atoms with Crippen molar-refractivity contribution in [2.75, 3.05) is 5.32 Å². The van der Waals surface area contributed by atoms with Gasteiger partial charge < -0.3 is 15.2 Å². The largest absolute Gasteiger partial charge is 0.508 e. The quantitative estimate of drug-likeness (QED) is 0.133. The predicted octanol–water partition coefficient (Wildman–Crippen LogP) is 6.49. The number of phenolic OH excluding ortho intramolecular Hbond substituents is 1. The molecule has 0 aromatic heterocycles. The van der Waals surface area contributed by atoms with Crippen LogP contribution in [0.5, 0.6) is 11.5 Å². The number of nitrogens with one attached hydrogen (secondary N) is 1. The zero-order chi connectivity index (χ0) is 22.4. The van der Waals surface area contributed by atoms with Gasteiger partial charge in [0.05, 0.1) is 8.04 Å². The molecule has 0 heterocycles. The lowest BCUT2D eigenvalue weighted by molar-refractivity contribution is -0.112. The van der Waals surface area contributed by atoms with Crippen molar-refractivity contribution in [3.8, 4) is 17.6 Å². The number of hydrogen-bond acceptors (Lipinski definition) is 4. The smallest absolute Gasteiger partial charge is 0.266 e. The summed E-state index contributed by atoms with van der Waals surface area (Å²) in [6.45, 7) is 0.430. The fourth-order valence-corrected chi connectivity index (χ4v) is 4.72. The molecule has 156 valence electrons. The van der Waals surface area contributed by atoms with Gasteiger partial charge in [-0.15, -0.1) is 0 Å². The number of ether oxygens (including phenoxy) is 1. The van der Waals surface area contributed by atoms with Crippen molar-refractivity contribution in [1.29, 1.82) is 5.26 Å². The van der Waals surface area contributed by atoms with E-state index in [4.69, 9.17) is 4.74 Å². The summed E-state index contributed by atoms with van der Waals surface area (Å²) in [6, 6.07) is 19.7. The number of amides is 1. The molecule has 0 saturated carbocycles. The summed E-state index contributed by atoms with van der Waals surface area (Å²) in [5.41, 5.74) is 2.20. The SMILES string of the molecule is N#C/C(=C\c1cc(Br)c(OCc2ccc(I)cc2)c(I)c1)C(=O)Nc1ccc(O)cc1. The highest BCUT2D eigenvalue weighted by Gasteiger charge is 2.13. The zero-order valence-corrected chi connectivity index (χ0v) is 21.8. The maximum Gasteiger partial charge on any atom is 0.266 e. The Bertz CT molecular complexity index is 1150. The number of anilines is 1. The minimum atomic E-state index is -0.529. The standard InChI is InChI=1S/C23H15BrI2N2O3/c24-20-10-15(9-16(12-27)23(30)28-18-5-7-19(29)8-6-18)11-21(26)22(20)31-13-14-1-3-17(25)4-2-14/h1-11,29H,13H2,(H,28,30)/b16-9+. The third-order valence-corrected chi connectivity index (χ3v) is 6.23. The minimum Gasteiger partial charge on any atom is -0.508 e. The molecule has 0 unspecified atom stereocenters. The lowest BCUT2D eigenvalue weighted by atomic mass is 10.1. The van der Waals surface area contributed by atoms with E-state index in [1.54, 1.807) is 18.2 Å². The normalized spacial score (nSPS) is 11.0. The summed E-state index contributed by atoms with van der Waals surface area (Å²) >= 11 is 7.95. The molecule has 0 fully saturated rings. The summed E-state index contributed by atoms with van der Waals surface area (Å²) in [5, 5.41) is 21.4. The lowest BCUT2D eigenvalue weighted by Gasteiger charge is -2.12. The van der Waals surface area contributed by atoms with Crippen molar-refractivity contribution >= 4 is 78.8 Å². The number of carbonyl (C=O) groups excluding carboxylic acids is 1. The molecule has 0 atom stereocenters. The molecule has 0 bridgehead atoms. The molecule has 0 aliphatic rings. The number of halogens is 3. The second-order valence-corrected chi connectivity index (χ2v) is 9.66. The van der Waals surface area contributed by atoms with Crippen molar-refractivity contribution in [3.63, 3.8) is 0 Å². The van der Waals surface area contributed by atoms with Crippen LogP contribution < -0.4 is 10.1 Å². The van der Waals surface area contributed by atoms with Gasteiger partial charge in [0.15, 0.2) is 0 Å². The summed E-state index contributed by atoms with van der Waals surface area (Å²) < 4.78 is 8.71. The number of carbonyl (C=O) groups is 1. The molecule has 5 nitrogen and oxygen atoms in total. The number of rotatable bonds is 6. The van der Waals surface area contributed by atoms with Gasteiger partial charge in [-0.3, -0.25) is 4.79 Å². The molecule has 0 radical (unpaired) electrons. The number of benzene rings is 3. The van der Waals surface area contributed by atoms with Gasteiger partial charge in [-0.1, -0.05) is 12.1 Å². The molecule has 2 N–H and O–H groups in total. The Kier molecular flexibility index (Phi) is 8.34. The number of hydrogen-bond donors (Lipinski definition) is 2. The van der Waals surface area contributed by atoms with Crippen molar-refractivity contribution in [3.05, 3.63) is 89.0 Å². The van der Waals surface area contributed by atoms with Crippen LogP contribution in [0.1, 0.15) is 11.1 Å². The second kappa shape index (κ2) is 11.0. The molecule has 3 aromatic carbocycles. The van der Waals surface area contributed by atoms with Crippen LogP contribution in [0.2, 0.25) is 0 Å².